The number of hydrogen-bond donors (Lipinski definition) is 1. The Labute approximate surface area is 146 Å². The van der Waals surface area contributed by atoms with Crippen molar-refractivity contribution in [1.82, 2.24) is 5.06 Å². The summed E-state index contributed by atoms with van der Waals surface area (Å²) in [7, 11) is 0. The standard InChI is InChI=1S/C16H14ClNO7/c1-9(17)6-11-10(7-15(22)24-12(11)4-5-19)8-16(23)25-18-13(20)2-3-14(18)21/h4,6-7,19H,1-3,5,8H2/b11-6-,12-4+. The van der Waals surface area contributed by atoms with Gasteiger partial charge in [0.2, 0.25) is 0 Å². The van der Waals surface area contributed by atoms with Crippen molar-refractivity contribution in [2.75, 3.05) is 6.61 Å². The first-order valence-corrected chi connectivity index (χ1v) is 7.56. The van der Waals surface area contributed by atoms with Crippen molar-refractivity contribution in [1.29, 1.82) is 0 Å². The van der Waals surface area contributed by atoms with Crippen molar-refractivity contribution in [2.24, 2.45) is 0 Å². The minimum atomic E-state index is -0.918. The van der Waals surface area contributed by atoms with Crippen LogP contribution in [0, 0.1) is 0 Å². The summed E-state index contributed by atoms with van der Waals surface area (Å²) in [5, 5.41) is 9.80. The Bertz CT molecular complexity index is 899. The van der Waals surface area contributed by atoms with Gasteiger partial charge in [-0.2, -0.15) is 0 Å². The number of allylic oxidation sites excluding steroid dienone is 1. The number of aliphatic hydroxyl groups excluding tert-OH is 1. The molecule has 25 heavy (non-hydrogen) atoms. The average Bonchev–Trinajstić information content (AvgIpc) is 2.82. The van der Waals surface area contributed by atoms with Crippen molar-refractivity contribution < 1.29 is 28.7 Å². The zero-order valence-electron chi connectivity index (χ0n) is 13.0. The van der Waals surface area contributed by atoms with Gasteiger partial charge in [-0.15, -0.1) is 5.06 Å². The molecular formula is C16H14ClNO7. The van der Waals surface area contributed by atoms with E-state index in [1.54, 1.807) is 0 Å². The maximum absolute atomic E-state index is 12.0. The summed E-state index contributed by atoms with van der Waals surface area (Å²) in [6.45, 7) is 3.08. The molecule has 0 radical (unpaired) electrons. The van der Waals surface area contributed by atoms with Crippen LogP contribution in [0.3, 0.4) is 0 Å². The molecule has 0 aliphatic carbocycles. The van der Waals surface area contributed by atoms with E-state index < -0.39 is 36.4 Å². The largest absolute Gasteiger partial charge is 0.423 e. The van der Waals surface area contributed by atoms with Crippen LogP contribution in [0.15, 0.2) is 26.9 Å². The Kier molecular flexibility index (Phi) is 5.89. The van der Waals surface area contributed by atoms with E-state index in [4.69, 9.17) is 26.0 Å². The van der Waals surface area contributed by atoms with Gasteiger partial charge in [0.05, 0.1) is 13.0 Å². The van der Waals surface area contributed by atoms with Gasteiger partial charge in [-0.05, 0) is 17.7 Å². The Morgan fingerprint density at radius 3 is 2.56 bits per heavy atom. The normalized spacial score (nSPS) is 15.8. The molecule has 0 bridgehead atoms. The summed E-state index contributed by atoms with van der Waals surface area (Å²) < 4.78 is 4.97. The van der Waals surface area contributed by atoms with Crippen LogP contribution in [-0.4, -0.2) is 34.6 Å². The van der Waals surface area contributed by atoms with Crippen LogP contribution in [-0.2, 0) is 25.6 Å². The van der Waals surface area contributed by atoms with Gasteiger partial charge in [0.15, 0.2) is 0 Å². The number of nitrogens with zero attached hydrogens (tertiary/aromatic N) is 1. The summed E-state index contributed by atoms with van der Waals surface area (Å²) in [6, 6.07) is 1.05. The lowest BCUT2D eigenvalue weighted by Crippen LogP contribution is -2.36. The maximum Gasteiger partial charge on any atom is 0.337 e. The number of hydrogen-bond acceptors (Lipinski definition) is 7. The van der Waals surface area contributed by atoms with Crippen LogP contribution in [0.2, 0.25) is 0 Å². The van der Waals surface area contributed by atoms with Crippen LogP contribution in [0.4, 0.5) is 0 Å². The smallest absolute Gasteiger partial charge is 0.337 e. The molecule has 0 spiro atoms. The molecule has 1 aromatic heterocycles. The van der Waals surface area contributed by atoms with Crippen molar-refractivity contribution in [3.05, 3.63) is 44.3 Å². The monoisotopic (exact) mass is 367 g/mol. The highest BCUT2D eigenvalue weighted by Crippen LogP contribution is 2.12. The minimum Gasteiger partial charge on any atom is -0.423 e. The molecule has 1 aliphatic heterocycles. The number of carbonyl (C=O) groups excluding carboxylic acids is 3. The third-order valence-corrected chi connectivity index (χ3v) is 3.33. The highest BCUT2D eigenvalue weighted by molar-refractivity contribution is 6.33. The average molecular weight is 368 g/mol. The fourth-order valence-corrected chi connectivity index (χ4v) is 2.33. The molecule has 1 aromatic rings. The molecule has 8 nitrogen and oxygen atoms in total. The van der Waals surface area contributed by atoms with Crippen molar-refractivity contribution >= 4 is 41.5 Å². The van der Waals surface area contributed by atoms with Crippen LogP contribution < -0.4 is 16.3 Å². The third kappa shape index (κ3) is 4.65. The fraction of sp³-hybridized carbons (Fsp3) is 0.250. The molecule has 132 valence electrons. The van der Waals surface area contributed by atoms with E-state index in [0.717, 1.165) is 6.07 Å². The van der Waals surface area contributed by atoms with E-state index in [2.05, 4.69) is 6.58 Å². The number of aliphatic hydroxyl groups is 1. The fourth-order valence-electron chi connectivity index (χ4n) is 2.22. The van der Waals surface area contributed by atoms with Gasteiger partial charge in [-0.3, -0.25) is 9.59 Å². The van der Waals surface area contributed by atoms with E-state index in [9.17, 15) is 19.2 Å². The Morgan fingerprint density at radius 2 is 2.00 bits per heavy atom. The zero-order valence-corrected chi connectivity index (χ0v) is 13.7. The number of imide groups is 1. The second-order valence-electron chi connectivity index (χ2n) is 5.07. The summed E-state index contributed by atoms with van der Waals surface area (Å²) >= 11 is 5.75. The van der Waals surface area contributed by atoms with E-state index in [1.807, 2.05) is 0 Å². The van der Waals surface area contributed by atoms with Crippen LogP contribution >= 0.6 is 11.6 Å². The molecule has 1 N–H and O–H groups in total. The predicted octanol–water partition coefficient (Wildman–Crippen LogP) is -0.905. The molecule has 1 fully saturated rings. The summed E-state index contributed by atoms with van der Waals surface area (Å²) in [5.74, 6) is -2.14. The Balaban J connectivity index is 2.38. The number of hydroxylamine groups is 2. The lowest BCUT2D eigenvalue weighted by atomic mass is 10.1. The van der Waals surface area contributed by atoms with Gasteiger partial charge in [0, 0.05) is 29.2 Å². The molecule has 0 atom stereocenters. The Hall–Kier alpha value is -2.71. The second kappa shape index (κ2) is 7.91. The first-order chi connectivity index (χ1) is 11.8. The molecular weight excluding hydrogens is 354 g/mol. The van der Waals surface area contributed by atoms with Gasteiger partial charge in [0.25, 0.3) is 11.8 Å². The number of halogens is 1. The quantitative estimate of drug-likeness (QED) is 0.670. The molecule has 2 rings (SSSR count). The highest BCUT2D eigenvalue weighted by Gasteiger charge is 2.32. The molecule has 1 saturated heterocycles. The van der Waals surface area contributed by atoms with E-state index in [1.165, 1.54) is 12.2 Å². The van der Waals surface area contributed by atoms with Crippen molar-refractivity contribution in [3.8, 4) is 0 Å². The Morgan fingerprint density at radius 1 is 1.36 bits per heavy atom. The highest BCUT2D eigenvalue weighted by atomic mass is 35.5. The number of rotatable bonds is 5. The van der Waals surface area contributed by atoms with Gasteiger partial charge < -0.3 is 14.4 Å². The van der Waals surface area contributed by atoms with Crippen molar-refractivity contribution in [2.45, 2.75) is 19.3 Å². The second-order valence-corrected chi connectivity index (χ2v) is 5.55. The van der Waals surface area contributed by atoms with Gasteiger partial charge in [-0.1, -0.05) is 18.2 Å². The third-order valence-electron chi connectivity index (χ3n) is 3.23. The molecule has 0 unspecified atom stereocenters. The van der Waals surface area contributed by atoms with Gasteiger partial charge >= 0.3 is 11.6 Å². The van der Waals surface area contributed by atoms with Gasteiger partial charge in [0.1, 0.15) is 5.42 Å². The first kappa shape index (κ1) is 18.6. The molecule has 2 amide bonds. The first-order valence-electron chi connectivity index (χ1n) is 7.18. The van der Waals surface area contributed by atoms with E-state index in [-0.39, 0.29) is 34.1 Å². The predicted molar refractivity (Wildman–Crippen MR) is 86.1 cm³/mol. The molecule has 9 heteroatoms. The topological polar surface area (TPSA) is 114 Å². The van der Waals surface area contributed by atoms with Crippen molar-refractivity contribution in [3.63, 3.8) is 0 Å². The number of amides is 2. The molecule has 0 saturated carbocycles. The molecule has 1 aliphatic rings. The van der Waals surface area contributed by atoms with Crippen LogP contribution in [0.1, 0.15) is 18.4 Å². The summed E-state index contributed by atoms with van der Waals surface area (Å²) in [4.78, 5) is 51.4. The SMILES string of the molecule is C=C(Cl)/C=c1/c(CC(=O)ON2C(=O)CCC2=O)cc(=O)o/c1=C/CO. The lowest BCUT2D eigenvalue weighted by Gasteiger charge is -2.12. The van der Waals surface area contributed by atoms with E-state index >= 15 is 0 Å². The molecule has 0 aromatic carbocycles. The summed E-state index contributed by atoms with van der Waals surface area (Å²) in [6.07, 6.45) is 2.09. The molecule has 2 heterocycles. The van der Waals surface area contributed by atoms with Gasteiger partial charge in [-0.25, -0.2) is 9.59 Å². The van der Waals surface area contributed by atoms with E-state index in [0.29, 0.717) is 5.06 Å². The van der Waals surface area contributed by atoms with Crippen LogP contribution in [0.25, 0.3) is 12.2 Å². The maximum atomic E-state index is 12.0. The summed E-state index contributed by atoms with van der Waals surface area (Å²) in [5.41, 5.74) is -0.567. The number of carbonyl (C=O) groups is 3. The zero-order chi connectivity index (χ0) is 18.6. The minimum absolute atomic E-state index is 0.00734. The van der Waals surface area contributed by atoms with Crippen LogP contribution in [0.5, 0.6) is 0 Å². The lowest BCUT2D eigenvalue weighted by molar-refractivity contribution is -0.197.